The van der Waals surface area contributed by atoms with Gasteiger partial charge in [0.05, 0.1) is 11.1 Å². The van der Waals surface area contributed by atoms with E-state index in [2.05, 4.69) is 17.2 Å². The van der Waals surface area contributed by atoms with Gasteiger partial charge in [0.2, 0.25) is 0 Å². The second kappa shape index (κ2) is 11.3. The van der Waals surface area contributed by atoms with E-state index in [-0.39, 0.29) is 16.9 Å². The summed E-state index contributed by atoms with van der Waals surface area (Å²) < 4.78 is 11.1. The molecule has 2 N–H and O–H groups in total. The van der Waals surface area contributed by atoms with E-state index in [9.17, 15) is 19.2 Å². The van der Waals surface area contributed by atoms with E-state index >= 15 is 0 Å². The Morgan fingerprint density at radius 3 is 2.46 bits per heavy atom. The Morgan fingerprint density at radius 1 is 0.943 bits per heavy atom. The maximum Gasteiger partial charge on any atom is 0.407 e. The van der Waals surface area contributed by atoms with Crippen LogP contribution in [0.25, 0.3) is 0 Å². The molecule has 3 amide bonds. The number of hydrogen-bond acceptors (Lipinski definition) is 6. The van der Waals surface area contributed by atoms with Crippen LogP contribution in [-0.4, -0.2) is 35.8 Å². The Morgan fingerprint density at radius 2 is 1.69 bits per heavy atom. The van der Waals surface area contributed by atoms with Gasteiger partial charge < -0.3 is 14.8 Å². The predicted octanol–water partition coefficient (Wildman–Crippen LogP) is 4.37. The third-order valence-corrected chi connectivity index (χ3v) is 4.91. The number of ketones is 1. The van der Waals surface area contributed by atoms with Crippen LogP contribution in [0.3, 0.4) is 0 Å². The Bertz CT molecular complexity index is 1200. The minimum Gasteiger partial charge on any atom is -0.455 e. The molecule has 8 heteroatoms. The third kappa shape index (κ3) is 7.18. The van der Waals surface area contributed by atoms with Crippen LogP contribution >= 0.6 is 0 Å². The molecule has 0 fully saturated rings. The van der Waals surface area contributed by atoms with Crippen molar-refractivity contribution in [3.05, 3.63) is 59.2 Å². The average Bonchev–Trinajstić information content (AvgIpc) is 2.79. The van der Waals surface area contributed by atoms with Gasteiger partial charge in [0.15, 0.2) is 0 Å². The molecule has 3 rings (SSSR count). The first-order valence-corrected chi connectivity index (χ1v) is 11.4. The monoisotopic (exact) mass is 476 g/mol. The van der Waals surface area contributed by atoms with Gasteiger partial charge in [0, 0.05) is 18.5 Å². The van der Waals surface area contributed by atoms with Gasteiger partial charge in [-0.15, -0.1) is 0 Å². The number of nitrogens with one attached hydrogen (secondary N) is 2. The van der Waals surface area contributed by atoms with Crippen molar-refractivity contribution in [3.8, 4) is 23.3 Å². The molecule has 0 bridgehead atoms. The third-order valence-electron chi connectivity index (χ3n) is 4.91. The Kier molecular flexibility index (Phi) is 8.26. The summed E-state index contributed by atoms with van der Waals surface area (Å²) in [6.07, 6.45) is 2.85. The zero-order valence-electron chi connectivity index (χ0n) is 20.0. The van der Waals surface area contributed by atoms with Crippen molar-refractivity contribution in [1.29, 1.82) is 0 Å². The number of carbonyl (C=O) groups is 4. The van der Waals surface area contributed by atoms with E-state index < -0.39 is 29.3 Å². The Hall–Kier alpha value is -4.12. The molecule has 8 nitrogen and oxygen atoms in total. The van der Waals surface area contributed by atoms with Gasteiger partial charge >= 0.3 is 6.09 Å². The Labute approximate surface area is 204 Å². The van der Waals surface area contributed by atoms with E-state index in [1.54, 1.807) is 30.3 Å². The molecule has 182 valence electrons. The fourth-order valence-electron chi connectivity index (χ4n) is 3.34. The zero-order chi connectivity index (χ0) is 25.4. The van der Waals surface area contributed by atoms with Crippen LogP contribution in [0.4, 0.5) is 4.79 Å². The van der Waals surface area contributed by atoms with E-state index in [1.807, 2.05) is 32.2 Å². The highest BCUT2D eigenvalue weighted by Gasteiger charge is 2.33. The molecule has 1 heterocycles. The summed E-state index contributed by atoms with van der Waals surface area (Å²) in [5.41, 5.74) is 0.166. The molecular weight excluding hydrogens is 448 g/mol. The van der Waals surface area contributed by atoms with Gasteiger partial charge in [-0.1, -0.05) is 36.5 Å². The van der Waals surface area contributed by atoms with Crippen LogP contribution in [0.2, 0.25) is 0 Å². The fourth-order valence-corrected chi connectivity index (χ4v) is 3.34. The maximum atomic E-state index is 12.3. The maximum absolute atomic E-state index is 12.3. The van der Waals surface area contributed by atoms with Crippen LogP contribution in [0, 0.1) is 11.8 Å². The number of benzene rings is 2. The summed E-state index contributed by atoms with van der Waals surface area (Å²) in [6.45, 7) is 6.01. The molecule has 0 radical (unpaired) electrons. The van der Waals surface area contributed by atoms with Gasteiger partial charge in [-0.2, -0.15) is 0 Å². The topological polar surface area (TPSA) is 111 Å². The molecule has 0 unspecified atom stereocenters. The quantitative estimate of drug-likeness (QED) is 0.266. The lowest BCUT2D eigenvalue weighted by atomic mass is 9.98. The number of Topliss-reactive ketones (excluding diaryl/α,β-unsaturated/α-hetero) is 1. The zero-order valence-corrected chi connectivity index (χ0v) is 20.0. The first kappa shape index (κ1) is 25.5. The van der Waals surface area contributed by atoms with Gasteiger partial charge in [-0.05, 0) is 57.9 Å². The summed E-state index contributed by atoms with van der Waals surface area (Å²) in [5.74, 6) is 4.42. The molecule has 1 aliphatic heterocycles. The first-order chi connectivity index (χ1) is 16.7. The number of alkyl carbamates (subject to hydrolysis) is 1. The van der Waals surface area contributed by atoms with Crippen LogP contribution < -0.4 is 15.4 Å². The first-order valence-electron chi connectivity index (χ1n) is 11.4. The lowest BCUT2D eigenvalue weighted by Gasteiger charge is -2.19. The number of unbranched alkanes of at least 4 members (excludes halogenated alkanes) is 3. The van der Waals surface area contributed by atoms with E-state index in [4.69, 9.17) is 9.47 Å². The second-order valence-corrected chi connectivity index (χ2v) is 8.93. The predicted molar refractivity (Wildman–Crippen MR) is 129 cm³/mol. The van der Waals surface area contributed by atoms with E-state index in [0.29, 0.717) is 24.3 Å². The minimum absolute atomic E-state index is 0.0148. The normalized spacial score (nSPS) is 12.7. The van der Waals surface area contributed by atoms with Crippen molar-refractivity contribution < 1.29 is 28.7 Å². The average molecular weight is 477 g/mol. The number of fused-ring (bicyclic) bond motifs is 1. The summed E-state index contributed by atoms with van der Waals surface area (Å²) in [5, 5.41) is 4.77. The molecule has 0 atom stereocenters. The van der Waals surface area contributed by atoms with Crippen LogP contribution in [0.15, 0.2) is 42.5 Å². The molecular formula is C27H28N2O6. The number of amides is 3. The van der Waals surface area contributed by atoms with Crippen molar-refractivity contribution in [2.75, 3.05) is 6.54 Å². The van der Waals surface area contributed by atoms with Crippen LogP contribution in [0.1, 0.15) is 72.7 Å². The van der Waals surface area contributed by atoms with Crippen molar-refractivity contribution in [3.63, 3.8) is 0 Å². The highest BCUT2D eigenvalue weighted by atomic mass is 16.6. The van der Waals surface area contributed by atoms with E-state index in [0.717, 1.165) is 19.3 Å². The SMILES string of the molecule is CC(C)(C)OC(=O)NCCCCCC#Cc1ccccc1Oc1cccc2c1C(=O)NC(=O)C2=O. The van der Waals surface area contributed by atoms with Crippen molar-refractivity contribution in [2.24, 2.45) is 0 Å². The van der Waals surface area contributed by atoms with Crippen molar-refractivity contribution >= 4 is 23.7 Å². The molecule has 0 saturated heterocycles. The second-order valence-electron chi connectivity index (χ2n) is 8.93. The molecule has 0 aliphatic carbocycles. The summed E-state index contributed by atoms with van der Waals surface area (Å²) >= 11 is 0. The smallest absolute Gasteiger partial charge is 0.407 e. The van der Waals surface area contributed by atoms with Crippen molar-refractivity contribution in [2.45, 2.75) is 52.1 Å². The lowest BCUT2D eigenvalue weighted by Crippen LogP contribution is -2.42. The number of carbonyl (C=O) groups excluding carboxylic acids is 4. The van der Waals surface area contributed by atoms with Gasteiger partial charge in [-0.3, -0.25) is 19.7 Å². The molecule has 0 aromatic heterocycles. The molecule has 0 spiro atoms. The molecule has 1 aliphatic rings. The molecule has 2 aromatic carbocycles. The highest BCUT2D eigenvalue weighted by molar-refractivity contribution is 6.49. The summed E-state index contributed by atoms with van der Waals surface area (Å²) in [7, 11) is 0. The lowest BCUT2D eigenvalue weighted by molar-refractivity contribution is -0.116. The summed E-state index contributed by atoms with van der Waals surface area (Å²) in [6, 6.07) is 11.7. The molecule has 2 aromatic rings. The summed E-state index contributed by atoms with van der Waals surface area (Å²) in [4.78, 5) is 47.7. The highest BCUT2D eigenvalue weighted by Crippen LogP contribution is 2.31. The van der Waals surface area contributed by atoms with Gasteiger partial charge in [-0.25, -0.2) is 4.79 Å². The van der Waals surface area contributed by atoms with Gasteiger partial charge in [0.25, 0.3) is 17.6 Å². The number of rotatable bonds is 7. The number of hydrogen-bond donors (Lipinski definition) is 2. The standard InChI is InChI=1S/C27H28N2O6/c1-27(2,3)35-26(33)28-17-10-6-4-5-7-12-18-13-8-9-15-20(18)34-21-16-11-14-19-22(21)24(31)29-25(32)23(19)30/h8-9,11,13-16H,4-6,10,17H2,1-3H3,(H,28,33)(H,29,31,32). The minimum atomic E-state index is -0.952. The van der Waals surface area contributed by atoms with Crippen LogP contribution in [0.5, 0.6) is 11.5 Å². The molecule has 0 saturated carbocycles. The number of para-hydroxylation sites is 1. The van der Waals surface area contributed by atoms with E-state index in [1.165, 1.54) is 6.07 Å². The fraction of sp³-hybridized carbons (Fsp3) is 0.333. The van der Waals surface area contributed by atoms with Gasteiger partial charge in [0.1, 0.15) is 17.1 Å². The number of ether oxygens (including phenoxy) is 2. The van der Waals surface area contributed by atoms with Crippen LogP contribution in [-0.2, 0) is 9.53 Å². The molecule has 35 heavy (non-hydrogen) atoms. The Balaban J connectivity index is 1.56. The van der Waals surface area contributed by atoms with Crippen molar-refractivity contribution in [1.82, 2.24) is 10.6 Å². The number of imide groups is 1. The largest absolute Gasteiger partial charge is 0.455 e.